The molecule has 1 unspecified atom stereocenters. The minimum atomic E-state index is -5.02. The highest BCUT2D eigenvalue weighted by Crippen LogP contribution is 2.43. The molecule has 0 aliphatic carbocycles. The molecule has 0 bridgehead atoms. The fourth-order valence-electron chi connectivity index (χ4n) is 2.75. The van der Waals surface area contributed by atoms with Crippen LogP contribution in [0.4, 0.5) is 13.2 Å². The van der Waals surface area contributed by atoms with Crippen LogP contribution in [0.5, 0.6) is 0 Å². The lowest BCUT2D eigenvalue weighted by atomic mass is 9.92. The standard InChI is InChI=1S/C20H25F3O3Si/c1-7-12-16(17(8-2)27(4,5)6)26-18(24)19(25-3,20(21,22)23)15-13-10-9-11-14-15/h7,9-14,16H,2H2,1,3-6H3/b12-7+/t16-,19?/m1/s1. The third kappa shape index (κ3) is 4.80. The molecule has 0 aromatic heterocycles. The highest BCUT2D eigenvalue weighted by atomic mass is 28.3. The molecule has 1 aromatic rings. The number of methoxy groups -OCH3 is 1. The summed E-state index contributed by atoms with van der Waals surface area (Å²) in [5.41, 5.74) is -0.810. The predicted molar refractivity (Wildman–Crippen MR) is 102 cm³/mol. The fraction of sp³-hybridized carbons (Fsp3) is 0.400. The summed E-state index contributed by atoms with van der Waals surface area (Å²) in [6.45, 7) is 11.2. The minimum Gasteiger partial charge on any atom is -0.451 e. The maximum atomic E-state index is 14.0. The zero-order chi connectivity index (χ0) is 20.9. The number of alkyl halides is 3. The van der Waals surface area contributed by atoms with Gasteiger partial charge in [0.25, 0.3) is 5.60 Å². The number of allylic oxidation sites excluding steroid dienone is 1. The van der Waals surface area contributed by atoms with Crippen LogP contribution < -0.4 is 0 Å². The van der Waals surface area contributed by atoms with Crippen molar-refractivity contribution in [1.82, 2.24) is 0 Å². The normalized spacial score (nSPS) is 15.7. The Morgan fingerprint density at radius 3 is 2.15 bits per heavy atom. The molecule has 27 heavy (non-hydrogen) atoms. The Kier molecular flexibility index (Phi) is 7.43. The van der Waals surface area contributed by atoms with Crippen LogP contribution >= 0.6 is 0 Å². The molecule has 1 rings (SSSR count). The van der Waals surface area contributed by atoms with Crippen LogP contribution in [0.3, 0.4) is 0 Å². The van der Waals surface area contributed by atoms with Crippen molar-refractivity contribution in [1.29, 1.82) is 0 Å². The number of rotatable bonds is 7. The van der Waals surface area contributed by atoms with Gasteiger partial charge in [-0.05, 0) is 13.0 Å². The number of benzene rings is 1. The van der Waals surface area contributed by atoms with E-state index in [1.807, 2.05) is 19.6 Å². The molecule has 0 saturated heterocycles. The van der Waals surface area contributed by atoms with Crippen LogP contribution in [-0.2, 0) is 19.9 Å². The van der Waals surface area contributed by atoms with E-state index in [1.165, 1.54) is 30.3 Å². The second-order valence-corrected chi connectivity index (χ2v) is 12.0. The van der Waals surface area contributed by atoms with Crippen molar-refractivity contribution < 1.29 is 27.4 Å². The maximum absolute atomic E-state index is 14.0. The van der Waals surface area contributed by atoms with Gasteiger partial charge in [-0.2, -0.15) is 13.2 Å². The predicted octanol–water partition coefficient (Wildman–Crippen LogP) is 5.17. The summed E-state index contributed by atoms with van der Waals surface area (Å²) in [5.74, 6) is -1.53. The van der Waals surface area contributed by atoms with Gasteiger partial charge in [0.1, 0.15) is 6.10 Å². The van der Waals surface area contributed by atoms with E-state index in [0.29, 0.717) is 5.20 Å². The van der Waals surface area contributed by atoms with Crippen LogP contribution in [0.25, 0.3) is 0 Å². The molecule has 0 aliphatic rings. The molecule has 0 amide bonds. The number of carbonyl (C=O) groups excluding carboxylic acids is 1. The third-order valence-corrected chi connectivity index (χ3v) is 6.13. The third-order valence-electron chi connectivity index (χ3n) is 4.06. The highest BCUT2D eigenvalue weighted by molar-refractivity contribution is 6.83. The van der Waals surface area contributed by atoms with Crippen LogP contribution in [0.2, 0.25) is 19.6 Å². The van der Waals surface area contributed by atoms with Crippen molar-refractivity contribution >= 4 is 14.0 Å². The zero-order valence-electron chi connectivity index (χ0n) is 16.2. The van der Waals surface area contributed by atoms with Crippen LogP contribution in [-0.4, -0.2) is 33.4 Å². The summed E-state index contributed by atoms with van der Waals surface area (Å²) in [7, 11) is -1.21. The Morgan fingerprint density at radius 2 is 1.78 bits per heavy atom. The average Bonchev–Trinajstić information content (AvgIpc) is 2.55. The lowest BCUT2D eigenvalue weighted by molar-refractivity contribution is -0.277. The molecule has 0 aliphatic heterocycles. The average molecular weight is 398 g/mol. The molecule has 2 atom stereocenters. The molecule has 0 fully saturated rings. The molecule has 0 radical (unpaired) electrons. The number of hydrogen-bond donors (Lipinski definition) is 0. The van der Waals surface area contributed by atoms with Crippen LogP contribution in [0.15, 0.2) is 60.0 Å². The highest BCUT2D eigenvalue weighted by Gasteiger charge is 2.64. The van der Waals surface area contributed by atoms with Crippen molar-refractivity contribution in [3.05, 3.63) is 65.6 Å². The Morgan fingerprint density at radius 1 is 1.22 bits per heavy atom. The van der Waals surface area contributed by atoms with Crippen LogP contribution in [0, 0.1) is 0 Å². The lowest BCUT2D eigenvalue weighted by Gasteiger charge is -2.34. The Labute approximate surface area is 159 Å². The van der Waals surface area contributed by atoms with E-state index in [-0.39, 0.29) is 5.56 Å². The van der Waals surface area contributed by atoms with Crippen molar-refractivity contribution in [3.8, 4) is 0 Å². The molecular formula is C20H25F3O3Si. The Hall–Kier alpha value is -2.08. The Bertz CT molecular complexity index is 729. The van der Waals surface area contributed by atoms with E-state index in [0.717, 1.165) is 7.11 Å². The molecule has 0 spiro atoms. The van der Waals surface area contributed by atoms with Crippen molar-refractivity contribution in [2.24, 2.45) is 0 Å². The second kappa shape index (κ2) is 8.74. The molecule has 0 saturated carbocycles. The summed E-state index contributed by atoms with van der Waals surface area (Å²) in [5, 5.41) is 0.592. The molecular weight excluding hydrogens is 373 g/mol. The first kappa shape index (κ1) is 23.0. The molecule has 0 heterocycles. The van der Waals surface area contributed by atoms with Crippen molar-refractivity contribution in [2.75, 3.05) is 7.11 Å². The van der Waals surface area contributed by atoms with Gasteiger partial charge in [-0.15, -0.1) is 5.73 Å². The number of esters is 1. The van der Waals surface area contributed by atoms with Gasteiger partial charge in [0.2, 0.25) is 0 Å². The second-order valence-electron chi connectivity index (χ2n) is 6.94. The van der Waals surface area contributed by atoms with Gasteiger partial charge in [-0.25, -0.2) is 4.79 Å². The van der Waals surface area contributed by atoms with E-state index >= 15 is 0 Å². The topological polar surface area (TPSA) is 35.5 Å². The quantitative estimate of drug-likeness (QED) is 0.275. The van der Waals surface area contributed by atoms with Gasteiger partial charge in [0, 0.05) is 17.9 Å². The van der Waals surface area contributed by atoms with Crippen molar-refractivity contribution in [3.63, 3.8) is 0 Å². The van der Waals surface area contributed by atoms with E-state index in [1.54, 1.807) is 19.1 Å². The molecule has 1 aromatic carbocycles. The first-order valence-electron chi connectivity index (χ1n) is 8.37. The molecule has 7 heteroatoms. The minimum absolute atomic E-state index is 0.346. The van der Waals surface area contributed by atoms with Gasteiger partial charge >= 0.3 is 12.1 Å². The van der Waals surface area contributed by atoms with Crippen molar-refractivity contribution in [2.45, 2.75) is 44.4 Å². The summed E-state index contributed by atoms with van der Waals surface area (Å²) >= 11 is 0. The molecule has 148 valence electrons. The van der Waals surface area contributed by atoms with Gasteiger partial charge < -0.3 is 9.47 Å². The largest absolute Gasteiger partial charge is 0.451 e. The van der Waals surface area contributed by atoms with E-state index < -0.39 is 31.9 Å². The van der Waals surface area contributed by atoms with Gasteiger partial charge in [-0.3, -0.25) is 0 Å². The number of halogens is 3. The van der Waals surface area contributed by atoms with Gasteiger partial charge in [0.05, 0.1) is 8.07 Å². The van der Waals surface area contributed by atoms with Gasteiger partial charge in [0.15, 0.2) is 0 Å². The fourth-order valence-corrected chi connectivity index (χ4v) is 4.29. The maximum Gasteiger partial charge on any atom is 0.432 e. The monoisotopic (exact) mass is 398 g/mol. The SMILES string of the molecule is C=C=C([C@@H](/C=C/C)OC(=O)C(OC)(c1ccccc1)C(F)(F)F)[Si](C)(C)C. The van der Waals surface area contributed by atoms with Crippen LogP contribution in [0.1, 0.15) is 12.5 Å². The number of ether oxygens (including phenoxy) is 2. The summed E-state index contributed by atoms with van der Waals surface area (Å²) < 4.78 is 52.1. The van der Waals surface area contributed by atoms with E-state index in [9.17, 15) is 18.0 Å². The van der Waals surface area contributed by atoms with E-state index in [2.05, 4.69) is 12.3 Å². The van der Waals surface area contributed by atoms with E-state index in [4.69, 9.17) is 9.47 Å². The Balaban J connectivity index is 3.48. The molecule has 0 N–H and O–H groups in total. The number of carbonyl (C=O) groups is 1. The summed E-state index contributed by atoms with van der Waals surface area (Å²) in [6.07, 6.45) is -2.88. The molecule has 3 nitrogen and oxygen atoms in total. The zero-order valence-corrected chi connectivity index (χ0v) is 17.2. The summed E-state index contributed by atoms with van der Waals surface area (Å²) in [6, 6.07) is 6.74. The first-order valence-corrected chi connectivity index (χ1v) is 11.9. The van der Waals surface area contributed by atoms with Gasteiger partial charge in [-0.1, -0.05) is 62.6 Å². The smallest absolute Gasteiger partial charge is 0.432 e. The number of hydrogen-bond acceptors (Lipinski definition) is 3. The summed E-state index contributed by atoms with van der Waals surface area (Å²) in [4.78, 5) is 12.8. The first-order chi connectivity index (χ1) is 12.5. The lowest BCUT2D eigenvalue weighted by Crippen LogP contribution is -2.53.